The van der Waals surface area contributed by atoms with Crippen LogP contribution in [0.5, 0.6) is 0 Å². The van der Waals surface area contributed by atoms with Gasteiger partial charge in [0.2, 0.25) is 17.3 Å². The summed E-state index contributed by atoms with van der Waals surface area (Å²) in [6, 6.07) is 0. The van der Waals surface area contributed by atoms with Crippen LogP contribution in [0, 0.1) is 17.8 Å². The Labute approximate surface area is 425 Å². The van der Waals surface area contributed by atoms with Crippen molar-refractivity contribution in [3.8, 4) is 0 Å². The summed E-state index contributed by atoms with van der Waals surface area (Å²) in [5.41, 5.74) is 0.913. The Balaban J connectivity index is 1.51. The number of cyclic esters (lactones) is 3. The van der Waals surface area contributed by atoms with Gasteiger partial charge in [0.25, 0.3) is 0 Å². The molecule has 0 radical (unpaired) electrons. The monoisotopic (exact) mass is 997 g/mol. The van der Waals surface area contributed by atoms with Gasteiger partial charge in [-0.2, -0.15) is 0 Å². The molecule has 1 heterocycles. The Bertz CT molecular complexity index is 2000. The Kier molecular flexibility index (Phi) is 26.8. The molecule has 6 atom stereocenters. The number of Topliss-reactive ketones (excluding diaryl/α,β-unsaturated/α-hetero) is 3. The van der Waals surface area contributed by atoms with Crippen LogP contribution in [0.1, 0.15) is 156 Å². The summed E-state index contributed by atoms with van der Waals surface area (Å²) < 4.78 is 61.6. The lowest BCUT2D eigenvalue weighted by Gasteiger charge is -2.16. The Morgan fingerprint density at radius 3 is 0.958 bits per heavy atom. The van der Waals surface area contributed by atoms with Gasteiger partial charge in [0, 0.05) is 92.3 Å². The van der Waals surface area contributed by atoms with Crippen molar-refractivity contribution in [1.82, 2.24) is 0 Å². The predicted molar refractivity (Wildman–Crippen MR) is 276 cm³/mol. The third kappa shape index (κ3) is 20.7. The molecule has 0 bridgehead atoms. The molecule has 0 aromatic heterocycles. The van der Waals surface area contributed by atoms with E-state index >= 15 is 0 Å². The number of ether oxygens (including phenoxy) is 3. The van der Waals surface area contributed by atoms with E-state index in [2.05, 4.69) is 0 Å². The average molecular weight is 997 g/mol. The molecule has 0 amide bonds. The van der Waals surface area contributed by atoms with Crippen molar-refractivity contribution in [2.24, 2.45) is 17.8 Å². The first kappa shape index (κ1) is 58.7. The summed E-state index contributed by atoms with van der Waals surface area (Å²) in [6.07, 6.45) is 39.0. The van der Waals surface area contributed by atoms with Crippen LogP contribution in [-0.4, -0.2) is 53.6 Å². The molecular weight excluding hydrogens is 922 g/mol. The van der Waals surface area contributed by atoms with Gasteiger partial charge < -0.3 is 14.2 Å². The van der Waals surface area contributed by atoms with E-state index in [9.17, 15) is 41.9 Å². The van der Waals surface area contributed by atoms with Crippen LogP contribution in [-0.2, 0) is 43.0 Å². The smallest absolute Gasteiger partial charge is 0.306 e. The molecule has 1 aliphatic heterocycles. The van der Waals surface area contributed by atoms with Gasteiger partial charge in [-0.3, -0.25) is 28.8 Å². The number of rotatable bonds is 9. The second kappa shape index (κ2) is 32.9. The molecule has 4 aliphatic rings. The van der Waals surface area contributed by atoms with Gasteiger partial charge in [-0.05, 0) is 95.3 Å². The van der Waals surface area contributed by atoms with E-state index in [0.29, 0.717) is 93.8 Å². The fraction of sp³-hybridized carbons (Fsp3) is 0.500. The van der Waals surface area contributed by atoms with Crippen LogP contribution in [0.25, 0.3) is 0 Å². The molecule has 0 N–H and O–H groups in total. The van der Waals surface area contributed by atoms with E-state index < -0.39 is 88.8 Å². The van der Waals surface area contributed by atoms with E-state index in [1.165, 1.54) is 18.2 Å². The van der Waals surface area contributed by atoms with E-state index in [4.69, 9.17) is 14.2 Å². The van der Waals surface area contributed by atoms with Gasteiger partial charge in [-0.15, -0.1) is 0 Å². The van der Waals surface area contributed by atoms with E-state index in [0.717, 1.165) is 19.3 Å². The molecule has 0 spiro atoms. The van der Waals surface area contributed by atoms with Gasteiger partial charge in [-0.25, -0.2) is 13.2 Å². The quantitative estimate of drug-likeness (QED) is 0.126. The van der Waals surface area contributed by atoms with Crippen LogP contribution in [0.4, 0.5) is 13.2 Å². The van der Waals surface area contributed by atoms with Crippen molar-refractivity contribution in [3.05, 3.63) is 144 Å². The minimum absolute atomic E-state index is 0.137. The zero-order valence-corrected chi connectivity index (χ0v) is 42.5. The molecule has 0 saturated heterocycles. The largest absolute Gasteiger partial charge is 0.462 e. The first-order valence-corrected chi connectivity index (χ1v) is 26.2. The number of allylic oxidation sites excluding steroid dienone is 18. The summed E-state index contributed by atoms with van der Waals surface area (Å²) in [5, 5.41) is 0. The van der Waals surface area contributed by atoms with Gasteiger partial charge >= 0.3 is 17.9 Å². The van der Waals surface area contributed by atoms with Crippen molar-refractivity contribution in [3.63, 3.8) is 0 Å². The number of hydrogen-bond acceptors (Lipinski definition) is 9. The molecule has 0 saturated carbocycles. The van der Waals surface area contributed by atoms with Crippen LogP contribution < -0.4 is 0 Å². The zero-order chi connectivity index (χ0) is 52.1. The summed E-state index contributed by atoms with van der Waals surface area (Å²) in [7, 11) is 0. The highest BCUT2D eigenvalue weighted by Gasteiger charge is 2.32. The van der Waals surface area contributed by atoms with E-state index in [1.807, 2.05) is 93.7 Å². The molecule has 72 heavy (non-hydrogen) atoms. The fourth-order valence-corrected chi connectivity index (χ4v) is 8.77. The number of esters is 3. The number of fused-ring (bicyclic) bond motifs is 3. The predicted octanol–water partition coefficient (Wildman–Crippen LogP) is 14.3. The van der Waals surface area contributed by atoms with E-state index in [1.54, 1.807) is 18.2 Å². The first-order valence-electron chi connectivity index (χ1n) is 26.2. The highest BCUT2D eigenvalue weighted by atomic mass is 19.1. The number of carbonyl (C=O) groups is 6. The number of hydrogen-bond donors (Lipinski definition) is 0. The minimum Gasteiger partial charge on any atom is -0.462 e. The molecule has 9 nitrogen and oxygen atoms in total. The standard InChI is InChI=1S/C60H75F3O9/c1-4-7-16-28-46-34-37-49-43(40-52(61)58(49)67)25-19-11-14-23-32-56(65)71-48(30-18-9-6-3)36-39-51-45(42-54(63)60(51)69)27-21-12-15-24-33-57(66)72-47(29-17-8-5-2)35-38-50-44(41-53(62)59(50)68)26-20-10-13-22-31-55(64)70-46/h7-12,16-21,37-48H,4-6,13-15,22-36H2,1-3H3/b16-7-,17-8-,18-9-,19-11-,20-10-,21-12-,49-37+,50-38+,51-39+/t43-,44-,45-,46-,47-,48-/m0/s1. The molecule has 0 unspecified atom stereocenters. The average Bonchev–Trinajstić information content (AvgIpc) is 3.90. The highest BCUT2D eigenvalue weighted by Crippen LogP contribution is 2.34. The molecular formula is C60H75F3O9. The lowest BCUT2D eigenvalue weighted by molar-refractivity contribution is -0.149. The van der Waals surface area contributed by atoms with E-state index in [-0.39, 0.29) is 38.5 Å². The molecule has 12 heteroatoms. The molecule has 0 aromatic rings. The Morgan fingerprint density at radius 1 is 0.417 bits per heavy atom. The van der Waals surface area contributed by atoms with Gasteiger partial charge in [0.1, 0.15) is 18.3 Å². The highest BCUT2D eigenvalue weighted by molar-refractivity contribution is 6.11. The number of ketones is 3. The molecule has 0 fully saturated rings. The van der Waals surface area contributed by atoms with Gasteiger partial charge in [0.05, 0.1) is 0 Å². The topological polar surface area (TPSA) is 130 Å². The van der Waals surface area contributed by atoms with Crippen LogP contribution >= 0.6 is 0 Å². The van der Waals surface area contributed by atoms with Gasteiger partial charge in [0.15, 0.2) is 17.5 Å². The first-order chi connectivity index (χ1) is 34.8. The normalized spacial score (nSPS) is 29.6. The second-order valence-electron chi connectivity index (χ2n) is 18.5. The zero-order valence-electron chi connectivity index (χ0n) is 42.5. The van der Waals surface area contributed by atoms with Crippen LogP contribution in [0.3, 0.4) is 0 Å². The summed E-state index contributed by atoms with van der Waals surface area (Å²) in [5.74, 6) is -7.22. The maximum Gasteiger partial charge on any atom is 0.306 e. The summed E-state index contributed by atoms with van der Waals surface area (Å²) in [4.78, 5) is 77.8. The third-order valence-electron chi connectivity index (χ3n) is 12.7. The molecule has 3 aliphatic carbocycles. The van der Waals surface area contributed by atoms with Crippen molar-refractivity contribution in [2.75, 3.05) is 0 Å². The molecule has 4 rings (SSSR count). The lowest BCUT2D eigenvalue weighted by Crippen LogP contribution is -2.18. The number of carbonyl (C=O) groups excluding carboxylic acids is 6. The third-order valence-corrected chi connectivity index (χ3v) is 12.7. The minimum atomic E-state index is -0.824. The molecule has 390 valence electrons. The summed E-state index contributed by atoms with van der Waals surface area (Å²) in [6.45, 7) is 5.97. The van der Waals surface area contributed by atoms with Crippen molar-refractivity contribution < 1.29 is 56.1 Å². The van der Waals surface area contributed by atoms with Gasteiger partial charge in [-0.1, -0.05) is 112 Å². The Morgan fingerprint density at radius 2 is 0.694 bits per heavy atom. The molecule has 0 aromatic carbocycles. The maximum absolute atomic E-state index is 14.7. The lowest BCUT2D eigenvalue weighted by atomic mass is 9.96. The maximum atomic E-state index is 14.7. The van der Waals surface area contributed by atoms with Crippen LogP contribution in [0.2, 0.25) is 0 Å². The second-order valence-corrected chi connectivity index (χ2v) is 18.5. The van der Waals surface area contributed by atoms with Crippen LogP contribution in [0.15, 0.2) is 144 Å². The van der Waals surface area contributed by atoms with Crippen molar-refractivity contribution in [1.29, 1.82) is 0 Å². The van der Waals surface area contributed by atoms with Crippen molar-refractivity contribution >= 4 is 35.3 Å². The summed E-state index contributed by atoms with van der Waals surface area (Å²) >= 11 is 0. The number of halogens is 3. The van der Waals surface area contributed by atoms with Crippen molar-refractivity contribution in [2.45, 2.75) is 174 Å². The fourth-order valence-electron chi connectivity index (χ4n) is 8.77. The Hall–Kier alpha value is -5.91. The SMILES string of the molecule is CC/C=C\C[C@H]1C/C=C2/C(=O)C(F)=C[C@@H]2C/C=C\CCCC(=O)O[C@@H](C/C=C\CC)C/C=C2/C(=O)C(F)=C[C@@H]2C/C=C\CCCC(=O)O[C@@H](C/C=C\CC)C/C=C2/C(=O)C(F)=C[C@@H]2C/C=C\CCCC(=O)O1.